The van der Waals surface area contributed by atoms with E-state index in [-0.39, 0.29) is 18.0 Å². The van der Waals surface area contributed by atoms with E-state index in [1.807, 2.05) is 0 Å². The summed E-state index contributed by atoms with van der Waals surface area (Å²) in [4.78, 5) is 11.5. The van der Waals surface area contributed by atoms with Gasteiger partial charge >= 0.3 is 12.1 Å². The van der Waals surface area contributed by atoms with E-state index in [9.17, 15) is 23.1 Å². The van der Waals surface area contributed by atoms with Gasteiger partial charge in [0, 0.05) is 6.54 Å². The van der Waals surface area contributed by atoms with Gasteiger partial charge in [0.05, 0.1) is 17.9 Å². The number of hydrogen-bond donors (Lipinski definition) is 2. The molecule has 174 valence electrons. The molecule has 0 aromatic heterocycles. The lowest BCUT2D eigenvalue weighted by Gasteiger charge is -2.19. The molecule has 0 heterocycles. The molecule has 3 rings (SSSR count). The second kappa shape index (κ2) is 10.8. The van der Waals surface area contributed by atoms with Crippen LogP contribution in [-0.2, 0) is 12.7 Å². The minimum atomic E-state index is -4.82. The number of carbonyl (C=O) groups is 1. The third-order valence-corrected chi connectivity index (χ3v) is 4.78. The number of halogens is 3. The third kappa shape index (κ3) is 6.65. The molecule has 0 unspecified atom stereocenters. The average molecular weight is 459 g/mol. The van der Waals surface area contributed by atoms with Crippen LogP contribution in [0.3, 0.4) is 0 Å². The van der Waals surface area contributed by atoms with Crippen molar-refractivity contribution in [1.82, 2.24) is 0 Å². The zero-order chi connectivity index (χ0) is 23.8. The first-order chi connectivity index (χ1) is 15.8. The maximum Gasteiger partial charge on any atom is 0.420 e. The third-order valence-electron chi connectivity index (χ3n) is 4.78. The van der Waals surface area contributed by atoms with Gasteiger partial charge in [-0.15, -0.1) is 0 Å². The Balaban J connectivity index is 1.90. The SMILES string of the molecule is CCCCOc1ccc(CNc2cc(C(=O)O)cc(C(F)(F)F)c2Oc2ccccc2)cc1. The van der Waals surface area contributed by atoms with E-state index in [1.165, 1.54) is 12.1 Å². The lowest BCUT2D eigenvalue weighted by molar-refractivity contribution is -0.138. The molecule has 0 aliphatic rings. The quantitative estimate of drug-likeness (QED) is 0.320. The average Bonchev–Trinajstić information content (AvgIpc) is 2.79. The Labute approximate surface area is 189 Å². The van der Waals surface area contributed by atoms with E-state index in [1.54, 1.807) is 42.5 Å². The van der Waals surface area contributed by atoms with Gasteiger partial charge in [0.25, 0.3) is 0 Å². The lowest BCUT2D eigenvalue weighted by atomic mass is 10.1. The van der Waals surface area contributed by atoms with Crippen LogP contribution in [-0.4, -0.2) is 17.7 Å². The Bertz CT molecular complexity index is 1070. The van der Waals surface area contributed by atoms with Gasteiger partial charge in [-0.3, -0.25) is 0 Å². The first kappa shape index (κ1) is 24.0. The highest BCUT2D eigenvalue weighted by Crippen LogP contribution is 2.43. The number of ether oxygens (including phenoxy) is 2. The smallest absolute Gasteiger partial charge is 0.420 e. The van der Waals surface area contributed by atoms with Crippen LogP contribution in [0.2, 0.25) is 0 Å². The van der Waals surface area contributed by atoms with Crippen molar-refractivity contribution in [3.8, 4) is 17.2 Å². The number of anilines is 1. The van der Waals surface area contributed by atoms with E-state index in [0.717, 1.165) is 24.5 Å². The first-order valence-electron chi connectivity index (χ1n) is 10.4. The zero-order valence-electron chi connectivity index (χ0n) is 18.0. The largest absolute Gasteiger partial charge is 0.494 e. The van der Waals surface area contributed by atoms with Crippen molar-refractivity contribution < 1.29 is 32.5 Å². The van der Waals surface area contributed by atoms with Crippen LogP contribution in [0.25, 0.3) is 0 Å². The molecule has 0 amide bonds. The second-order valence-electron chi connectivity index (χ2n) is 7.32. The van der Waals surface area contributed by atoms with Crippen LogP contribution in [0, 0.1) is 0 Å². The maximum atomic E-state index is 13.8. The Hall–Kier alpha value is -3.68. The number of carboxylic acid groups (broad SMARTS) is 1. The predicted molar refractivity (Wildman–Crippen MR) is 119 cm³/mol. The molecule has 0 aliphatic carbocycles. The summed E-state index contributed by atoms with van der Waals surface area (Å²) in [6, 6.07) is 16.9. The van der Waals surface area contributed by atoms with Gasteiger partial charge in [0.1, 0.15) is 17.1 Å². The standard InChI is InChI=1S/C25H24F3NO4/c1-2-3-13-32-19-11-9-17(10-12-19)16-29-22-15-18(24(30)31)14-21(25(26,27)28)23(22)33-20-7-5-4-6-8-20/h4-12,14-15,29H,2-3,13,16H2,1H3,(H,30,31). The molecule has 8 heteroatoms. The van der Waals surface area contributed by atoms with Crippen LogP contribution in [0.15, 0.2) is 66.7 Å². The molecule has 0 bridgehead atoms. The van der Waals surface area contributed by atoms with Crippen molar-refractivity contribution in [2.45, 2.75) is 32.5 Å². The summed E-state index contributed by atoms with van der Waals surface area (Å²) >= 11 is 0. The minimum absolute atomic E-state index is 0.0747. The molecule has 0 aliphatic heterocycles. The molecule has 0 spiro atoms. The molecular formula is C25H24F3NO4. The first-order valence-corrected chi connectivity index (χ1v) is 10.4. The summed E-state index contributed by atoms with van der Waals surface area (Å²) in [5, 5.41) is 12.2. The van der Waals surface area contributed by atoms with Crippen LogP contribution in [0.1, 0.15) is 41.3 Å². The van der Waals surface area contributed by atoms with Crippen LogP contribution in [0.5, 0.6) is 17.2 Å². The molecule has 0 saturated carbocycles. The van der Waals surface area contributed by atoms with Crippen molar-refractivity contribution in [1.29, 1.82) is 0 Å². The van der Waals surface area contributed by atoms with Crippen LogP contribution < -0.4 is 14.8 Å². The predicted octanol–water partition coefficient (Wildman–Crippen LogP) is 6.99. The highest BCUT2D eigenvalue weighted by Gasteiger charge is 2.37. The fraction of sp³-hybridized carbons (Fsp3) is 0.240. The Morgan fingerprint density at radius 2 is 1.70 bits per heavy atom. The fourth-order valence-corrected chi connectivity index (χ4v) is 3.05. The van der Waals surface area contributed by atoms with Crippen LogP contribution in [0.4, 0.5) is 18.9 Å². The van der Waals surface area contributed by atoms with Crippen molar-refractivity contribution in [2.75, 3.05) is 11.9 Å². The summed E-state index contributed by atoms with van der Waals surface area (Å²) in [5.74, 6) is -1.06. The number of benzene rings is 3. The molecule has 0 saturated heterocycles. The molecule has 3 aromatic carbocycles. The van der Waals surface area contributed by atoms with Gasteiger partial charge in [0.2, 0.25) is 0 Å². The van der Waals surface area contributed by atoms with Crippen molar-refractivity contribution in [3.05, 3.63) is 83.4 Å². The number of para-hydroxylation sites is 1. The van der Waals surface area contributed by atoms with E-state index in [0.29, 0.717) is 18.4 Å². The van der Waals surface area contributed by atoms with Gasteiger partial charge in [-0.05, 0) is 48.4 Å². The Kier molecular flexibility index (Phi) is 7.82. The number of aromatic carboxylic acids is 1. The lowest BCUT2D eigenvalue weighted by Crippen LogP contribution is -2.12. The summed E-state index contributed by atoms with van der Waals surface area (Å²) < 4.78 is 52.6. The Morgan fingerprint density at radius 3 is 2.30 bits per heavy atom. The molecule has 2 N–H and O–H groups in total. The van der Waals surface area contributed by atoms with E-state index in [2.05, 4.69) is 12.2 Å². The van der Waals surface area contributed by atoms with Gasteiger partial charge in [-0.25, -0.2) is 4.79 Å². The molecule has 0 radical (unpaired) electrons. The van der Waals surface area contributed by atoms with Gasteiger partial charge in [0.15, 0.2) is 5.75 Å². The topological polar surface area (TPSA) is 67.8 Å². The van der Waals surface area contributed by atoms with Crippen molar-refractivity contribution in [3.63, 3.8) is 0 Å². The highest BCUT2D eigenvalue weighted by molar-refractivity contribution is 5.90. The summed E-state index contributed by atoms with van der Waals surface area (Å²) in [7, 11) is 0. The highest BCUT2D eigenvalue weighted by atomic mass is 19.4. The van der Waals surface area contributed by atoms with Gasteiger partial charge < -0.3 is 19.9 Å². The number of unbranched alkanes of at least 4 members (excludes halogenated alkanes) is 1. The van der Waals surface area contributed by atoms with Gasteiger partial charge in [-0.2, -0.15) is 13.2 Å². The monoisotopic (exact) mass is 459 g/mol. The maximum absolute atomic E-state index is 13.8. The normalized spacial score (nSPS) is 11.2. The van der Waals surface area contributed by atoms with E-state index >= 15 is 0 Å². The van der Waals surface area contributed by atoms with Crippen molar-refractivity contribution >= 4 is 11.7 Å². The number of nitrogens with one attached hydrogen (secondary N) is 1. The molecular weight excluding hydrogens is 435 g/mol. The minimum Gasteiger partial charge on any atom is -0.494 e. The van der Waals surface area contributed by atoms with Gasteiger partial charge in [-0.1, -0.05) is 43.7 Å². The molecule has 33 heavy (non-hydrogen) atoms. The Morgan fingerprint density at radius 1 is 1.00 bits per heavy atom. The number of rotatable bonds is 10. The summed E-state index contributed by atoms with van der Waals surface area (Å²) in [6.45, 7) is 2.83. The fourth-order valence-electron chi connectivity index (χ4n) is 3.05. The van der Waals surface area contributed by atoms with E-state index < -0.39 is 29.0 Å². The summed E-state index contributed by atoms with van der Waals surface area (Å²) in [5.41, 5.74) is -0.967. The van der Waals surface area contributed by atoms with E-state index in [4.69, 9.17) is 9.47 Å². The number of carboxylic acids is 1. The molecule has 5 nitrogen and oxygen atoms in total. The molecule has 0 fully saturated rings. The molecule has 3 aromatic rings. The van der Waals surface area contributed by atoms with Crippen LogP contribution >= 0.6 is 0 Å². The molecule has 0 atom stereocenters. The number of hydrogen-bond acceptors (Lipinski definition) is 4. The van der Waals surface area contributed by atoms with Crippen molar-refractivity contribution in [2.24, 2.45) is 0 Å². The number of alkyl halides is 3. The zero-order valence-corrected chi connectivity index (χ0v) is 18.0. The summed E-state index contributed by atoms with van der Waals surface area (Å²) in [6.07, 6.45) is -2.86. The second-order valence-corrected chi connectivity index (χ2v) is 7.32.